The Balaban J connectivity index is 1.53. The molecule has 6 heteroatoms. The minimum atomic E-state index is -0.583. The molecular formula is C16H21FN4O. The Labute approximate surface area is 129 Å². The van der Waals surface area contributed by atoms with Crippen LogP contribution in [0.25, 0.3) is 0 Å². The van der Waals surface area contributed by atoms with E-state index >= 15 is 0 Å². The topological polar surface area (TPSA) is 44.5 Å². The number of β-amino-alcohol motifs (C(OH)–C–C–N with tert-alkyl or cyclic N) is 1. The predicted molar refractivity (Wildman–Crippen MR) is 83.2 cm³/mol. The molecular weight excluding hydrogens is 283 g/mol. The van der Waals surface area contributed by atoms with E-state index in [0.29, 0.717) is 6.54 Å². The fourth-order valence-corrected chi connectivity index (χ4v) is 2.83. The first-order valence-corrected chi connectivity index (χ1v) is 7.51. The number of halogens is 1. The number of hydrogen-bond donors (Lipinski definition) is 1. The summed E-state index contributed by atoms with van der Waals surface area (Å²) >= 11 is 0. The number of piperazine rings is 1. The summed E-state index contributed by atoms with van der Waals surface area (Å²) in [4.78, 5) is 8.85. The number of aliphatic hydroxyl groups excluding tert-OH is 1. The van der Waals surface area contributed by atoms with E-state index in [0.717, 1.165) is 37.7 Å². The lowest BCUT2D eigenvalue weighted by Crippen LogP contribution is -2.48. The maximum Gasteiger partial charge on any atom is 0.205 e. The Kier molecular flexibility index (Phi) is 4.40. The number of benzene rings is 1. The van der Waals surface area contributed by atoms with Gasteiger partial charge in [-0.25, -0.2) is 9.37 Å². The second-order valence-electron chi connectivity index (χ2n) is 5.69. The number of aromatic nitrogens is 2. The summed E-state index contributed by atoms with van der Waals surface area (Å²) in [5, 5.41) is 10.3. The van der Waals surface area contributed by atoms with Gasteiger partial charge in [0.05, 0.1) is 6.10 Å². The summed E-state index contributed by atoms with van der Waals surface area (Å²) in [7, 11) is 1.99. The van der Waals surface area contributed by atoms with Gasteiger partial charge < -0.3 is 14.6 Å². The maximum atomic E-state index is 12.9. The number of hydrogen-bond acceptors (Lipinski definition) is 4. The van der Waals surface area contributed by atoms with Gasteiger partial charge in [-0.3, -0.25) is 4.90 Å². The van der Waals surface area contributed by atoms with Crippen LogP contribution in [0.3, 0.4) is 0 Å². The average Bonchev–Trinajstić information content (AvgIpc) is 2.95. The minimum Gasteiger partial charge on any atom is -0.387 e. The van der Waals surface area contributed by atoms with Gasteiger partial charge in [-0.2, -0.15) is 0 Å². The van der Waals surface area contributed by atoms with Gasteiger partial charge in [0.1, 0.15) is 5.82 Å². The van der Waals surface area contributed by atoms with Gasteiger partial charge >= 0.3 is 0 Å². The molecule has 1 saturated heterocycles. The molecule has 1 fully saturated rings. The van der Waals surface area contributed by atoms with Crippen molar-refractivity contribution in [1.29, 1.82) is 0 Å². The van der Waals surface area contributed by atoms with E-state index < -0.39 is 6.10 Å². The van der Waals surface area contributed by atoms with Crippen molar-refractivity contribution in [2.24, 2.45) is 7.05 Å². The molecule has 5 nitrogen and oxygen atoms in total. The molecule has 1 aliphatic heterocycles. The predicted octanol–water partition coefficient (Wildman–Crippen LogP) is 1.41. The highest BCUT2D eigenvalue weighted by Gasteiger charge is 2.21. The fraction of sp³-hybridized carbons (Fsp3) is 0.438. The van der Waals surface area contributed by atoms with Crippen molar-refractivity contribution in [2.75, 3.05) is 37.6 Å². The van der Waals surface area contributed by atoms with Crippen molar-refractivity contribution in [3.63, 3.8) is 0 Å². The minimum absolute atomic E-state index is 0.278. The van der Waals surface area contributed by atoms with Gasteiger partial charge in [0.15, 0.2) is 0 Å². The first kappa shape index (κ1) is 15.0. The number of nitrogens with zero attached hydrogens (tertiary/aromatic N) is 4. The molecule has 0 bridgehead atoms. The Hall–Kier alpha value is -1.92. The Morgan fingerprint density at radius 1 is 1.18 bits per heavy atom. The van der Waals surface area contributed by atoms with Crippen molar-refractivity contribution in [1.82, 2.24) is 14.5 Å². The summed E-state index contributed by atoms with van der Waals surface area (Å²) in [6.45, 7) is 4.11. The molecule has 1 aromatic heterocycles. The van der Waals surface area contributed by atoms with E-state index in [1.165, 1.54) is 12.1 Å². The number of anilines is 1. The molecule has 118 valence electrons. The van der Waals surface area contributed by atoms with Crippen LogP contribution in [0.2, 0.25) is 0 Å². The molecule has 1 aliphatic rings. The van der Waals surface area contributed by atoms with Crippen LogP contribution in [0.5, 0.6) is 0 Å². The Morgan fingerprint density at radius 2 is 1.86 bits per heavy atom. The summed E-state index contributed by atoms with van der Waals surface area (Å²) in [5.41, 5.74) is 0.757. The number of aliphatic hydroxyl groups is 1. The van der Waals surface area contributed by atoms with Crippen molar-refractivity contribution in [3.05, 3.63) is 48.0 Å². The van der Waals surface area contributed by atoms with Crippen LogP contribution >= 0.6 is 0 Å². The third-order valence-corrected chi connectivity index (χ3v) is 4.14. The van der Waals surface area contributed by atoms with Gasteiger partial charge in [-0.05, 0) is 17.7 Å². The van der Waals surface area contributed by atoms with Crippen LogP contribution in [-0.2, 0) is 7.05 Å². The third kappa shape index (κ3) is 3.28. The quantitative estimate of drug-likeness (QED) is 0.928. The molecule has 1 aromatic carbocycles. The molecule has 1 N–H and O–H groups in total. The smallest absolute Gasteiger partial charge is 0.205 e. The summed E-state index contributed by atoms with van der Waals surface area (Å²) in [5.74, 6) is 0.707. The second kappa shape index (κ2) is 6.46. The monoisotopic (exact) mass is 304 g/mol. The molecule has 0 radical (unpaired) electrons. The molecule has 1 atom stereocenters. The summed E-state index contributed by atoms with van der Waals surface area (Å²) in [6.07, 6.45) is 3.17. The fourth-order valence-electron chi connectivity index (χ4n) is 2.83. The molecule has 0 spiro atoms. The molecule has 0 amide bonds. The lowest BCUT2D eigenvalue weighted by molar-refractivity contribution is 0.109. The van der Waals surface area contributed by atoms with Crippen LogP contribution in [0.4, 0.5) is 10.3 Å². The Bertz CT molecular complexity index is 605. The highest BCUT2D eigenvalue weighted by Crippen LogP contribution is 2.17. The van der Waals surface area contributed by atoms with Crippen LogP contribution in [0.1, 0.15) is 11.7 Å². The number of rotatable bonds is 4. The molecule has 22 heavy (non-hydrogen) atoms. The van der Waals surface area contributed by atoms with Gasteiger partial charge in [0.2, 0.25) is 5.95 Å². The summed E-state index contributed by atoms with van der Waals surface area (Å²) in [6, 6.07) is 6.06. The average molecular weight is 304 g/mol. The van der Waals surface area contributed by atoms with Crippen molar-refractivity contribution in [2.45, 2.75) is 6.10 Å². The van der Waals surface area contributed by atoms with Crippen molar-refractivity contribution in [3.8, 4) is 0 Å². The maximum absolute atomic E-state index is 12.9. The lowest BCUT2D eigenvalue weighted by Gasteiger charge is -2.36. The van der Waals surface area contributed by atoms with Crippen molar-refractivity contribution < 1.29 is 9.50 Å². The van der Waals surface area contributed by atoms with E-state index in [-0.39, 0.29) is 5.82 Å². The first-order valence-electron chi connectivity index (χ1n) is 7.51. The Morgan fingerprint density at radius 3 is 2.45 bits per heavy atom. The summed E-state index contributed by atoms with van der Waals surface area (Å²) < 4.78 is 14.9. The highest BCUT2D eigenvalue weighted by atomic mass is 19.1. The molecule has 3 rings (SSSR count). The zero-order chi connectivity index (χ0) is 15.5. The van der Waals surface area contributed by atoms with Gasteiger partial charge in [-0.1, -0.05) is 12.1 Å². The third-order valence-electron chi connectivity index (χ3n) is 4.14. The van der Waals surface area contributed by atoms with Crippen LogP contribution < -0.4 is 4.90 Å². The first-order chi connectivity index (χ1) is 10.6. The molecule has 0 aliphatic carbocycles. The molecule has 2 heterocycles. The molecule has 0 saturated carbocycles. The van der Waals surface area contributed by atoms with E-state index in [1.807, 2.05) is 17.8 Å². The van der Waals surface area contributed by atoms with Gasteiger partial charge in [0, 0.05) is 52.2 Å². The molecule has 2 aromatic rings. The lowest BCUT2D eigenvalue weighted by atomic mass is 10.1. The van der Waals surface area contributed by atoms with E-state index in [1.54, 1.807) is 18.3 Å². The van der Waals surface area contributed by atoms with E-state index in [9.17, 15) is 9.50 Å². The molecule has 1 unspecified atom stereocenters. The van der Waals surface area contributed by atoms with Crippen LogP contribution in [-0.4, -0.2) is 52.3 Å². The largest absolute Gasteiger partial charge is 0.387 e. The van der Waals surface area contributed by atoms with Gasteiger partial charge in [0.25, 0.3) is 0 Å². The van der Waals surface area contributed by atoms with E-state index in [2.05, 4.69) is 14.8 Å². The zero-order valence-corrected chi connectivity index (χ0v) is 12.7. The normalized spacial score (nSPS) is 17.7. The zero-order valence-electron chi connectivity index (χ0n) is 12.7. The SMILES string of the molecule is Cn1ccnc1N1CCN(CC(O)c2ccc(F)cc2)CC1. The highest BCUT2D eigenvalue weighted by molar-refractivity contribution is 5.31. The van der Waals surface area contributed by atoms with E-state index in [4.69, 9.17) is 0 Å². The van der Waals surface area contributed by atoms with Crippen molar-refractivity contribution >= 4 is 5.95 Å². The van der Waals surface area contributed by atoms with Crippen LogP contribution in [0.15, 0.2) is 36.7 Å². The van der Waals surface area contributed by atoms with Crippen LogP contribution in [0, 0.1) is 5.82 Å². The number of aryl methyl sites for hydroxylation is 1. The standard InChI is InChI=1S/C16H21FN4O/c1-19-7-6-18-16(19)21-10-8-20(9-11-21)12-15(22)13-2-4-14(17)5-3-13/h2-7,15,22H,8-12H2,1H3. The second-order valence-corrected chi connectivity index (χ2v) is 5.69. The number of imidazole rings is 1. The van der Waals surface area contributed by atoms with Gasteiger partial charge in [-0.15, -0.1) is 0 Å².